The number of carbonyl (C=O) groups excluding carboxylic acids is 3. The number of hydrogen-bond donors (Lipinski definition) is 0. The van der Waals surface area contributed by atoms with Crippen LogP contribution in [-0.4, -0.2) is 39.6 Å². The minimum absolute atomic E-state index is 0.100. The third kappa shape index (κ3) is 3.76. The van der Waals surface area contributed by atoms with E-state index in [9.17, 15) is 14.4 Å². The summed E-state index contributed by atoms with van der Waals surface area (Å²) in [4.78, 5) is 41.5. The summed E-state index contributed by atoms with van der Waals surface area (Å²) in [6.45, 7) is 2.40. The van der Waals surface area contributed by atoms with Gasteiger partial charge < -0.3 is 4.74 Å². The Morgan fingerprint density at radius 1 is 1.10 bits per heavy atom. The quantitative estimate of drug-likeness (QED) is 0.404. The van der Waals surface area contributed by atoms with Crippen LogP contribution in [0.25, 0.3) is 6.08 Å². The SMILES string of the molecule is CCOc1ccc(N2C(=O)CC(N3C(=O)/C(=C/c4ccccc4)SC3=S)C2=O)cc1. The van der Waals surface area contributed by atoms with Crippen molar-refractivity contribution in [1.29, 1.82) is 0 Å². The molecule has 2 aromatic rings. The highest BCUT2D eigenvalue weighted by atomic mass is 32.2. The maximum absolute atomic E-state index is 13.1. The van der Waals surface area contributed by atoms with Gasteiger partial charge in [-0.25, -0.2) is 4.90 Å². The number of rotatable bonds is 5. The highest BCUT2D eigenvalue weighted by Crippen LogP contribution is 2.37. The Morgan fingerprint density at radius 2 is 1.80 bits per heavy atom. The van der Waals surface area contributed by atoms with Gasteiger partial charge in [0.15, 0.2) is 0 Å². The molecule has 2 aliphatic rings. The summed E-state index contributed by atoms with van der Waals surface area (Å²) in [7, 11) is 0. The smallest absolute Gasteiger partial charge is 0.266 e. The van der Waals surface area contributed by atoms with E-state index in [-0.39, 0.29) is 22.6 Å². The Morgan fingerprint density at radius 3 is 2.47 bits per heavy atom. The summed E-state index contributed by atoms with van der Waals surface area (Å²) in [5, 5.41) is 0. The minimum atomic E-state index is -0.932. The molecule has 2 fully saturated rings. The molecule has 1 unspecified atom stereocenters. The standard InChI is InChI=1S/C22H18N2O4S2/c1-2-28-16-10-8-15(9-11-16)23-19(25)13-17(20(23)26)24-21(27)18(30-22(24)29)12-14-6-4-3-5-7-14/h3-12,17H,2,13H2,1H3/b18-12-. The Balaban J connectivity index is 1.56. The molecular formula is C22H18N2O4S2. The molecular weight excluding hydrogens is 420 g/mol. The number of ether oxygens (including phenoxy) is 1. The molecule has 2 aliphatic heterocycles. The van der Waals surface area contributed by atoms with E-state index in [2.05, 4.69) is 0 Å². The number of benzene rings is 2. The summed E-state index contributed by atoms with van der Waals surface area (Å²) in [5.74, 6) is -0.523. The van der Waals surface area contributed by atoms with Crippen LogP contribution in [0.2, 0.25) is 0 Å². The van der Waals surface area contributed by atoms with E-state index in [4.69, 9.17) is 17.0 Å². The summed E-state index contributed by atoms with van der Waals surface area (Å²) in [6, 6.07) is 15.2. The number of nitrogens with zero attached hydrogens (tertiary/aromatic N) is 2. The lowest BCUT2D eigenvalue weighted by Gasteiger charge is -2.21. The van der Waals surface area contributed by atoms with Crippen LogP contribution in [-0.2, 0) is 14.4 Å². The highest BCUT2D eigenvalue weighted by Gasteiger charge is 2.48. The molecule has 0 aromatic heterocycles. The van der Waals surface area contributed by atoms with Gasteiger partial charge >= 0.3 is 0 Å². The zero-order valence-electron chi connectivity index (χ0n) is 16.1. The number of carbonyl (C=O) groups is 3. The molecule has 0 N–H and O–H groups in total. The Labute approximate surface area is 183 Å². The molecule has 1 atom stereocenters. The van der Waals surface area contributed by atoms with Gasteiger partial charge in [0.05, 0.1) is 23.6 Å². The Kier molecular flexibility index (Phi) is 5.69. The van der Waals surface area contributed by atoms with Crippen molar-refractivity contribution in [2.75, 3.05) is 11.5 Å². The lowest BCUT2D eigenvalue weighted by molar-refractivity contribution is -0.129. The first-order valence-electron chi connectivity index (χ1n) is 9.41. The van der Waals surface area contributed by atoms with Gasteiger partial charge in [0.2, 0.25) is 5.91 Å². The van der Waals surface area contributed by atoms with Crippen LogP contribution < -0.4 is 9.64 Å². The zero-order valence-corrected chi connectivity index (χ0v) is 17.7. The van der Waals surface area contributed by atoms with Gasteiger partial charge in [-0.15, -0.1) is 0 Å². The third-order valence-corrected chi connectivity index (χ3v) is 6.09. The molecule has 2 aromatic carbocycles. The van der Waals surface area contributed by atoms with Crippen molar-refractivity contribution in [3.05, 3.63) is 65.1 Å². The van der Waals surface area contributed by atoms with Crippen molar-refractivity contribution < 1.29 is 19.1 Å². The number of thiocarbonyl (C=S) groups is 1. The molecule has 2 heterocycles. The van der Waals surface area contributed by atoms with E-state index in [1.165, 1.54) is 4.90 Å². The molecule has 30 heavy (non-hydrogen) atoms. The predicted molar refractivity (Wildman–Crippen MR) is 120 cm³/mol. The molecule has 152 valence electrons. The van der Waals surface area contributed by atoms with E-state index in [1.807, 2.05) is 37.3 Å². The second-order valence-electron chi connectivity index (χ2n) is 6.68. The van der Waals surface area contributed by atoms with Gasteiger partial charge in [-0.2, -0.15) is 0 Å². The third-order valence-electron chi connectivity index (χ3n) is 4.76. The van der Waals surface area contributed by atoms with Crippen molar-refractivity contribution in [3.63, 3.8) is 0 Å². The molecule has 0 radical (unpaired) electrons. The van der Waals surface area contributed by atoms with Crippen LogP contribution in [0.4, 0.5) is 5.69 Å². The van der Waals surface area contributed by atoms with Crippen molar-refractivity contribution in [2.45, 2.75) is 19.4 Å². The first kappa shape index (κ1) is 20.3. The van der Waals surface area contributed by atoms with Gasteiger partial charge in [-0.1, -0.05) is 54.3 Å². The van der Waals surface area contributed by atoms with Crippen molar-refractivity contribution in [1.82, 2.24) is 4.90 Å². The van der Waals surface area contributed by atoms with Crippen molar-refractivity contribution in [2.24, 2.45) is 0 Å². The number of imide groups is 1. The van der Waals surface area contributed by atoms with Crippen LogP contribution in [0.3, 0.4) is 0 Å². The summed E-state index contributed by atoms with van der Waals surface area (Å²) in [6.07, 6.45) is 1.64. The van der Waals surface area contributed by atoms with Crippen molar-refractivity contribution >= 4 is 57.8 Å². The fourth-order valence-electron chi connectivity index (χ4n) is 3.40. The lowest BCUT2D eigenvalue weighted by atomic mass is 10.2. The molecule has 6 nitrogen and oxygen atoms in total. The van der Waals surface area contributed by atoms with E-state index in [1.54, 1.807) is 30.3 Å². The molecule has 0 saturated carbocycles. The van der Waals surface area contributed by atoms with Gasteiger partial charge in [-0.05, 0) is 42.8 Å². The molecule has 0 spiro atoms. The second kappa shape index (κ2) is 8.41. The number of amides is 3. The molecule has 0 aliphatic carbocycles. The monoisotopic (exact) mass is 438 g/mol. The minimum Gasteiger partial charge on any atom is -0.494 e. The first-order valence-corrected chi connectivity index (χ1v) is 10.6. The maximum Gasteiger partial charge on any atom is 0.266 e. The highest BCUT2D eigenvalue weighted by molar-refractivity contribution is 8.26. The maximum atomic E-state index is 13.1. The van der Waals surface area contributed by atoms with E-state index in [0.717, 1.165) is 22.2 Å². The average molecular weight is 439 g/mol. The van der Waals surface area contributed by atoms with Gasteiger partial charge in [0, 0.05) is 0 Å². The fourth-order valence-corrected chi connectivity index (χ4v) is 4.75. The van der Waals surface area contributed by atoms with Gasteiger partial charge in [0.25, 0.3) is 11.8 Å². The average Bonchev–Trinajstić information content (AvgIpc) is 3.18. The molecule has 0 bridgehead atoms. The Hall–Kier alpha value is -2.97. The summed E-state index contributed by atoms with van der Waals surface area (Å²) >= 11 is 6.51. The lowest BCUT2D eigenvalue weighted by Crippen LogP contribution is -2.44. The van der Waals surface area contributed by atoms with Crippen LogP contribution in [0.15, 0.2) is 59.5 Å². The summed E-state index contributed by atoms with van der Waals surface area (Å²) < 4.78 is 5.68. The normalized spacial score (nSPS) is 20.6. The predicted octanol–water partition coefficient (Wildman–Crippen LogP) is 3.62. The zero-order chi connectivity index (χ0) is 21.3. The fraction of sp³-hybridized carbons (Fsp3) is 0.182. The van der Waals surface area contributed by atoms with Crippen LogP contribution >= 0.6 is 24.0 Å². The first-order chi connectivity index (χ1) is 14.5. The molecule has 4 rings (SSSR count). The molecule has 8 heteroatoms. The van der Waals surface area contributed by atoms with E-state index in [0.29, 0.717) is 22.9 Å². The van der Waals surface area contributed by atoms with Gasteiger partial charge in [-0.3, -0.25) is 19.3 Å². The summed E-state index contributed by atoms with van der Waals surface area (Å²) in [5.41, 5.74) is 1.31. The second-order valence-corrected chi connectivity index (χ2v) is 8.35. The van der Waals surface area contributed by atoms with Crippen LogP contribution in [0.1, 0.15) is 18.9 Å². The molecule has 3 amide bonds. The van der Waals surface area contributed by atoms with Crippen LogP contribution in [0, 0.1) is 0 Å². The van der Waals surface area contributed by atoms with E-state index < -0.39 is 11.9 Å². The number of hydrogen-bond acceptors (Lipinski definition) is 6. The number of anilines is 1. The largest absolute Gasteiger partial charge is 0.494 e. The van der Waals surface area contributed by atoms with Gasteiger partial charge in [0.1, 0.15) is 16.1 Å². The molecule has 2 saturated heterocycles. The Bertz CT molecular complexity index is 1050. The topological polar surface area (TPSA) is 66.9 Å². The van der Waals surface area contributed by atoms with E-state index >= 15 is 0 Å². The van der Waals surface area contributed by atoms with Crippen molar-refractivity contribution in [3.8, 4) is 5.75 Å². The van der Waals surface area contributed by atoms with Crippen LogP contribution in [0.5, 0.6) is 5.75 Å². The number of thioether (sulfide) groups is 1.